The van der Waals surface area contributed by atoms with Crippen molar-refractivity contribution in [3.05, 3.63) is 35.4 Å². The van der Waals surface area contributed by atoms with Gasteiger partial charge in [0.25, 0.3) is 0 Å². The van der Waals surface area contributed by atoms with E-state index in [0.29, 0.717) is 12.1 Å². The second kappa shape index (κ2) is 5.85. The summed E-state index contributed by atoms with van der Waals surface area (Å²) in [6.45, 7) is 7.96. The summed E-state index contributed by atoms with van der Waals surface area (Å²) in [6, 6.07) is 9.91. The minimum Gasteiger partial charge on any atom is -0.323 e. The Morgan fingerprint density at radius 2 is 2.06 bits per heavy atom. The molecule has 2 N–H and O–H groups in total. The largest absolute Gasteiger partial charge is 0.323 e. The van der Waals surface area contributed by atoms with Gasteiger partial charge >= 0.3 is 0 Å². The van der Waals surface area contributed by atoms with Gasteiger partial charge in [-0.15, -0.1) is 0 Å². The van der Waals surface area contributed by atoms with Gasteiger partial charge in [0.05, 0.1) is 0 Å². The zero-order valence-electron chi connectivity index (χ0n) is 11.9. The predicted octanol–water partition coefficient (Wildman–Crippen LogP) is 3.12. The number of fused-ring (bicyclic) bond motifs is 1. The molecule has 2 unspecified atom stereocenters. The lowest BCUT2D eigenvalue weighted by atomic mass is 9.83. The van der Waals surface area contributed by atoms with Crippen LogP contribution in [0.5, 0.6) is 0 Å². The summed E-state index contributed by atoms with van der Waals surface area (Å²) in [4.78, 5) is 2.58. The highest BCUT2D eigenvalue weighted by Gasteiger charge is 2.31. The van der Waals surface area contributed by atoms with Crippen molar-refractivity contribution in [1.82, 2.24) is 4.90 Å². The zero-order valence-corrected chi connectivity index (χ0v) is 11.9. The Hall–Kier alpha value is -0.860. The summed E-state index contributed by atoms with van der Waals surface area (Å²) in [5.41, 5.74) is 9.32. The van der Waals surface area contributed by atoms with Crippen molar-refractivity contribution in [3.63, 3.8) is 0 Å². The fourth-order valence-corrected chi connectivity index (χ4v) is 3.21. The Morgan fingerprint density at radius 1 is 1.33 bits per heavy atom. The maximum absolute atomic E-state index is 6.52. The van der Waals surface area contributed by atoms with E-state index in [-0.39, 0.29) is 6.04 Å². The van der Waals surface area contributed by atoms with E-state index in [2.05, 4.69) is 49.9 Å². The van der Waals surface area contributed by atoms with Crippen molar-refractivity contribution < 1.29 is 0 Å². The van der Waals surface area contributed by atoms with Crippen molar-refractivity contribution in [2.75, 3.05) is 6.54 Å². The minimum atomic E-state index is 0.170. The van der Waals surface area contributed by atoms with Gasteiger partial charge in [-0.3, -0.25) is 4.90 Å². The van der Waals surface area contributed by atoms with Crippen LogP contribution in [0, 0.1) is 0 Å². The second-order valence-corrected chi connectivity index (χ2v) is 5.66. The molecule has 2 heteroatoms. The molecule has 1 aromatic rings. The fourth-order valence-electron chi connectivity index (χ4n) is 3.21. The van der Waals surface area contributed by atoms with Gasteiger partial charge in [0.15, 0.2) is 0 Å². The molecule has 100 valence electrons. The van der Waals surface area contributed by atoms with Gasteiger partial charge in [0.1, 0.15) is 0 Å². The predicted molar refractivity (Wildman–Crippen MR) is 77.6 cm³/mol. The van der Waals surface area contributed by atoms with Crippen LogP contribution in [0.2, 0.25) is 0 Å². The van der Waals surface area contributed by atoms with Gasteiger partial charge in [0.2, 0.25) is 0 Å². The van der Waals surface area contributed by atoms with E-state index in [1.165, 1.54) is 30.4 Å². The van der Waals surface area contributed by atoms with Crippen LogP contribution in [0.3, 0.4) is 0 Å². The van der Waals surface area contributed by atoms with Crippen LogP contribution in [0.15, 0.2) is 24.3 Å². The first kappa shape index (κ1) is 13.6. The first-order chi connectivity index (χ1) is 8.65. The second-order valence-electron chi connectivity index (χ2n) is 5.66. The average molecular weight is 246 g/mol. The van der Waals surface area contributed by atoms with E-state index in [9.17, 15) is 0 Å². The molecule has 0 bridgehead atoms. The number of hydrogen-bond acceptors (Lipinski definition) is 2. The molecule has 0 aliphatic heterocycles. The third-order valence-corrected chi connectivity index (χ3v) is 4.11. The van der Waals surface area contributed by atoms with E-state index in [1.807, 2.05) is 0 Å². The molecule has 0 saturated carbocycles. The standard InChI is InChI=1S/C16H26N2/c1-4-11-18(12(2)3)15-10-9-13-7-5-6-8-14(13)16(15)17/h5-8,12,15-16H,4,9-11,17H2,1-3H3. The quantitative estimate of drug-likeness (QED) is 0.884. The summed E-state index contributed by atoms with van der Waals surface area (Å²) < 4.78 is 0. The lowest BCUT2D eigenvalue weighted by molar-refractivity contribution is 0.119. The van der Waals surface area contributed by atoms with Crippen molar-refractivity contribution in [2.24, 2.45) is 5.73 Å². The minimum absolute atomic E-state index is 0.170. The van der Waals surface area contributed by atoms with Crippen molar-refractivity contribution in [3.8, 4) is 0 Å². The molecular formula is C16H26N2. The Balaban J connectivity index is 2.22. The molecule has 0 saturated heterocycles. The molecule has 0 aromatic heterocycles. The molecule has 2 atom stereocenters. The van der Waals surface area contributed by atoms with E-state index in [0.717, 1.165) is 6.54 Å². The molecular weight excluding hydrogens is 220 g/mol. The van der Waals surface area contributed by atoms with E-state index in [4.69, 9.17) is 5.73 Å². The van der Waals surface area contributed by atoms with Crippen LogP contribution >= 0.6 is 0 Å². The van der Waals surface area contributed by atoms with Crippen LogP contribution in [-0.2, 0) is 6.42 Å². The summed E-state index contributed by atoms with van der Waals surface area (Å²) in [6.07, 6.45) is 3.56. The van der Waals surface area contributed by atoms with Gasteiger partial charge < -0.3 is 5.73 Å². The van der Waals surface area contributed by atoms with E-state index >= 15 is 0 Å². The molecule has 0 fully saturated rings. The maximum atomic E-state index is 6.52. The molecule has 1 aliphatic rings. The first-order valence-corrected chi connectivity index (χ1v) is 7.24. The van der Waals surface area contributed by atoms with E-state index < -0.39 is 0 Å². The average Bonchev–Trinajstić information content (AvgIpc) is 2.37. The van der Waals surface area contributed by atoms with Crippen LogP contribution in [0.4, 0.5) is 0 Å². The topological polar surface area (TPSA) is 29.3 Å². The SMILES string of the molecule is CCCN(C(C)C)C1CCc2ccccc2C1N. The van der Waals surface area contributed by atoms with Crippen molar-refractivity contribution >= 4 is 0 Å². The number of nitrogens with zero attached hydrogens (tertiary/aromatic N) is 1. The van der Waals surface area contributed by atoms with Gasteiger partial charge in [-0.05, 0) is 50.8 Å². The molecule has 1 aromatic carbocycles. The van der Waals surface area contributed by atoms with Gasteiger partial charge in [-0.2, -0.15) is 0 Å². The number of benzene rings is 1. The monoisotopic (exact) mass is 246 g/mol. The molecule has 2 rings (SSSR count). The summed E-state index contributed by atoms with van der Waals surface area (Å²) in [5, 5.41) is 0. The molecule has 18 heavy (non-hydrogen) atoms. The maximum Gasteiger partial charge on any atom is 0.0456 e. The van der Waals surface area contributed by atoms with Crippen molar-refractivity contribution in [1.29, 1.82) is 0 Å². The Kier molecular flexibility index (Phi) is 4.41. The zero-order chi connectivity index (χ0) is 13.1. The third kappa shape index (κ3) is 2.60. The molecule has 2 nitrogen and oxygen atoms in total. The van der Waals surface area contributed by atoms with Gasteiger partial charge in [0, 0.05) is 18.1 Å². The first-order valence-electron chi connectivity index (χ1n) is 7.24. The lowest BCUT2D eigenvalue weighted by Gasteiger charge is -2.41. The van der Waals surface area contributed by atoms with Gasteiger partial charge in [-0.1, -0.05) is 31.2 Å². The van der Waals surface area contributed by atoms with Crippen LogP contribution < -0.4 is 5.73 Å². The Labute approximate surface area is 111 Å². The molecule has 0 radical (unpaired) electrons. The molecule has 0 heterocycles. The summed E-state index contributed by atoms with van der Waals surface area (Å²) in [5.74, 6) is 0. The molecule has 0 spiro atoms. The number of hydrogen-bond donors (Lipinski definition) is 1. The highest BCUT2D eigenvalue weighted by molar-refractivity contribution is 5.33. The van der Waals surface area contributed by atoms with Crippen LogP contribution in [-0.4, -0.2) is 23.5 Å². The highest BCUT2D eigenvalue weighted by atomic mass is 15.2. The van der Waals surface area contributed by atoms with E-state index in [1.54, 1.807) is 0 Å². The fraction of sp³-hybridized carbons (Fsp3) is 0.625. The van der Waals surface area contributed by atoms with Crippen LogP contribution in [0.1, 0.15) is 50.8 Å². The smallest absolute Gasteiger partial charge is 0.0456 e. The Bertz CT molecular complexity index is 386. The highest BCUT2D eigenvalue weighted by Crippen LogP contribution is 2.32. The Morgan fingerprint density at radius 3 is 2.72 bits per heavy atom. The number of nitrogens with two attached hydrogens (primary N) is 1. The summed E-state index contributed by atoms with van der Waals surface area (Å²) >= 11 is 0. The number of aryl methyl sites for hydroxylation is 1. The molecule has 0 amide bonds. The van der Waals surface area contributed by atoms with Crippen LogP contribution in [0.25, 0.3) is 0 Å². The van der Waals surface area contributed by atoms with Gasteiger partial charge in [-0.25, -0.2) is 0 Å². The normalized spacial score (nSPS) is 23.4. The number of rotatable bonds is 4. The van der Waals surface area contributed by atoms with Crippen molar-refractivity contribution in [2.45, 2.75) is 58.2 Å². The molecule has 1 aliphatic carbocycles. The lowest BCUT2D eigenvalue weighted by Crippen LogP contribution is -2.48. The third-order valence-electron chi connectivity index (χ3n) is 4.11. The summed E-state index contributed by atoms with van der Waals surface area (Å²) in [7, 11) is 0.